The molecule has 0 aliphatic heterocycles. The second-order valence-corrected chi connectivity index (χ2v) is 2.36. The van der Waals surface area contributed by atoms with Gasteiger partial charge in [-0.15, -0.1) is 0 Å². The predicted molar refractivity (Wildman–Crippen MR) is 39.6 cm³/mol. The molecule has 1 aliphatic rings. The molecule has 0 bridgehead atoms. The van der Waals surface area contributed by atoms with Crippen molar-refractivity contribution in [3.8, 4) is 0 Å². The summed E-state index contributed by atoms with van der Waals surface area (Å²) in [7, 11) is 0. The number of allylic oxidation sites excluding steroid dienone is 2. The standard InChI is InChI=1S/C8H12O2/c9-10-8-6-4-2-1-3-5-7-8/h2,4-5,7-9H,1,3,6H2. The highest BCUT2D eigenvalue weighted by molar-refractivity contribution is 4.99. The lowest BCUT2D eigenvalue weighted by Crippen LogP contribution is -2.05. The molecule has 0 aromatic carbocycles. The number of hydrogen-bond donors (Lipinski definition) is 1. The normalized spacial score (nSPS) is 25.9. The smallest absolute Gasteiger partial charge is 0.114 e. The highest BCUT2D eigenvalue weighted by Crippen LogP contribution is 2.06. The number of hydrogen-bond acceptors (Lipinski definition) is 2. The van der Waals surface area contributed by atoms with E-state index < -0.39 is 0 Å². The molecule has 0 radical (unpaired) electrons. The molecule has 2 nitrogen and oxygen atoms in total. The van der Waals surface area contributed by atoms with Crippen molar-refractivity contribution in [3.05, 3.63) is 24.3 Å². The van der Waals surface area contributed by atoms with Gasteiger partial charge in [0.25, 0.3) is 0 Å². The highest BCUT2D eigenvalue weighted by atomic mass is 17.1. The Bertz CT molecular complexity index is 138. The van der Waals surface area contributed by atoms with Crippen LogP contribution in [0.4, 0.5) is 0 Å². The Morgan fingerprint density at radius 3 is 2.80 bits per heavy atom. The molecule has 0 aromatic heterocycles. The minimum absolute atomic E-state index is 0.142. The maximum atomic E-state index is 8.32. The summed E-state index contributed by atoms with van der Waals surface area (Å²) in [4.78, 5) is 4.19. The molecule has 10 heavy (non-hydrogen) atoms. The summed E-state index contributed by atoms with van der Waals surface area (Å²) < 4.78 is 0. The van der Waals surface area contributed by atoms with E-state index in [9.17, 15) is 0 Å². The van der Waals surface area contributed by atoms with Crippen molar-refractivity contribution >= 4 is 0 Å². The van der Waals surface area contributed by atoms with Gasteiger partial charge >= 0.3 is 0 Å². The van der Waals surface area contributed by atoms with E-state index >= 15 is 0 Å². The summed E-state index contributed by atoms with van der Waals surface area (Å²) in [6, 6.07) is 0. The third-order valence-corrected chi connectivity index (χ3v) is 1.52. The van der Waals surface area contributed by atoms with Crippen molar-refractivity contribution in [2.75, 3.05) is 0 Å². The van der Waals surface area contributed by atoms with Gasteiger partial charge in [0.2, 0.25) is 0 Å². The van der Waals surface area contributed by atoms with Gasteiger partial charge in [0.15, 0.2) is 0 Å². The number of rotatable bonds is 1. The van der Waals surface area contributed by atoms with Crippen molar-refractivity contribution in [3.63, 3.8) is 0 Å². The van der Waals surface area contributed by atoms with E-state index in [1.165, 1.54) is 0 Å². The van der Waals surface area contributed by atoms with Crippen LogP contribution in [0, 0.1) is 0 Å². The van der Waals surface area contributed by atoms with Gasteiger partial charge in [-0.05, 0) is 19.3 Å². The summed E-state index contributed by atoms with van der Waals surface area (Å²) in [5.41, 5.74) is 0. The van der Waals surface area contributed by atoms with Crippen LogP contribution in [0.3, 0.4) is 0 Å². The largest absolute Gasteiger partial charge is 0.251 e. The lowest BCUT2D eigenvalue weighted by Gasteiger charge is -2.06. The molecule has 0 heterocycles. The van der Waals surface area contributed by atoms with Gasteiger partial charge in [0, 0.05) is 0 Å². The summed E-state index contributed by atoms with van der Waals surface area (Å²) in [6.45, 7) is 0. The highest BCUT2D eigenvalue weighted by Gasteiger charge is 2.01. The molecule has 2 heteroatoms. The first-order chi connectivity index (χ1) is 4.93. The summed E-state index contributed by atoms with van der Waals surface area (Å²) in [5, 5.41) is 8.32. The van der Waals surface area contributed by atoms with E-state index in [1.54, 1.807) is 0 Å². The van der Waals surface area contributed by atoms with Crippen molar-refractivity contribution in [2.45, 2.75) is 25.4 Å². The van der Waals surface area contributed by atoms with Crippen LogP contribution in [0.1, 0.15) is 19.3 Å². The Hall–Kier alpha value is -0.600. The lowest BCUT2D eigenvalue weighted by molar-refractivity contribution is -0.264. The summed E-state index contributed by atoms with van der Waals surface area (Å²) in [5.74, 6) is 0. The molecular formula is C8H12O2. The van der Waals surface area contributed by atoms with Crippen molar-refractivity contribution < 1.29 is 10.1 Å². The van der Waals surface area contributed by atoms with Gasteiger partial charge in [-0.25, -0.2) is 4.89 Å². The van der Waals surface area contributed by atoms with E-state index in [2.05, 4.69) is 11.0 Å². The van der Waals surface area contributed by atoms with Crippen LogP contribution in [-0.2, 0) is 4.89 Å². The lowest BCUT2D eigenvalue weighted by atomic mass is 10.1. The molecule has 1 atom stereocenters. The van der Waals surface area contributed by atoms with Crippen LogP contribution < -0.4 is 0 Å². The molecule has 0 saturated carbocycles. The van der Waals surface area contributed by atoms with E-state index in [4.69, 9.17) is 5.26 Å². The average Bonchev–Trinajstić information content (AvgIpc) is 1.87. The molecule has 0 amide bonds. The first-order valence-corrected chi connectivity index (χ1v) is 3.55. The first-order valence-electron chi connectivity index (χ1n) is 3.55. The third kappa shape index (κ3) is 2.33. The molecule has 0 spiro atoms. The van der Waals surface area contributed by atoms with Gasteiger partial charge in [-0.3, -0.25) is 5.26 Å². The first kappa shape index (κ1) is 7.51. The van der Waals surface area contributed by atoms with Crippen LogP contribution in [-0.4, -0.2) is 11.4 Å². The van der Waals surface area contributed by atoms with Gasteiger partial charge in [-0.2, -0.15) is 0 Å². The second kappa shape index (κ2) is 4.25. The van der Waals surface area contributed by atoms with Gasteiger partial charge in [0.1, 0.15) is 6.10 Å². The molecular weight excluding hydrogens is 128 g/mol. The SMILES string of the molecule is OOC1C=CCCC=CC1. The van der Waals surface area contributed by atoms with E-state index in [1.807, 2.05) is 18.2 Å². The zero-order valence-electron chi connectivity index (χ0n) is 5.86. The topological polar surface area (TPSA) is 29.5 Å². The maximum Gasteiger partial charge on any atom is 0.114 e. The monoisotopic (exact) mass is 140 g/mol. The minimum Gasteiger partial charge on any atom is -0.251 e. The van der Waals surface area contributed by atoms with Crippen LogP contribution in [0.25, 0.3) is 0 Å². The average molecular weight is 140 g/mol. The fourth-order valence-corrected chi connectivity index (χ4v) is 0.945. The Morgan fingerprint density at radius 1 is 1.20 bits per heavy atom. The van der Waals surface area contributed by atoms with Crippen LogP contribution in [0.2, 0.25) is 0 Å². The van der Waals surface area contributed by atoms with Crippen molar-refractivity contribution in [2.24, 2.45) is 0 Å². The van der Waals surface area contributed by atoms with E-state index in [-0.39, 0.29) is 6.10 Å². The Morgan fingerprint density at radius 2 is 2.00 bits per heavy atom. The zero-order valence-corrected chi connectivity index (χ0v) is 5.86. The fraction of sp³-hybridized carbons (Fsp3) is 0.500. The van der Waals surface area contributed by atoms with E-state index in [0.29, 0.717) is 0 Å². The van der Waals surface area contributed by atoms with Gasteiger partial charge < -0.3 is 0 Å². The van der Waals surface area contributed by atoms with Crippen molar-refractivity contribution in [1.29, 1.82) is 0 Å². The Kier molecular flexibility index (Phi) is 3.19. The van der Waals surface area contributed by atoms with Crippen LogP contribution >= 0.6 is 0 Å². The van der Waals surface area contributed by atoms with Crippen molar-refractivity contribution in [1.82, 2.24) is 0 Å². The fourth-order valence-electron chi connectivity index (χ4n) is 0.945. The molecule has 56 valence electrons. The van der Waals surface area contributed by atoms with E-state index in [0.717, 1.165) is 19.3 Å². The summed E-state index contributed by atoms with van der Waals surface area (Å²) in [6.07, 6.45) is 10.8. The van der Waals surface area contributed by atoms with Gasteiger partial charge in [0.05, 0.1) is 0 Å². The molecule has 0 saturated heterocycles. The molecule has 1 rings (SSSR count). The van der Waals surface area contributed by atoms with Crippen LogP contribution in [0.15, 0.2) is 24.3 Å². The Balaban J connectivity index is 2.41. The Labute approximate surface area is 60.7 Å². The molecule has 1 unspecified atom stereocenters. The molecule has 1 aliphatic carbocycles. The predicted octanol–water partition coefficient (Wildman–Crippen LogP) is 2.14. The quantitative estimate of drug-likeness (QED) is 0.343. The molecule has 1 N–H and O–H groups in total. The minimum atomic E-state index is -0.142. The third-order valence-electron chi connectivity index (χ3n) is 1.52. The maximum absolute atomic E-state index is 8.32. The zero-order chi connectivity index (χ0) is 7.23. The molecule has 0 aromatic rings. The second-order valence-electron chi connectivity index (χ2n) is 2.36. The van der Waals surface area contributed by atoms with Gasteiger partial charge in [-0.1, -0.05) is 24.3 Å². The van der Waals surface area contributed by atoms with Crippen LogP contribution in [0.5, 0.6) is 0 Å². The molecule has 0 fully saturated rings. The summed E-state index contributed by atoms with van der Waals surface area (Å²) >= 11 is 0.